The number of hydrogen-bond donors (Lipinski definition) is 1. The fraction of sp³-hybridized carbons (Fsp3) is 0.0526. The van der Waals surface area contributed by atoms with Crippen molar-refractivity contribution in [2.75, 3.05) is 5.32 Å². The normalized spacial score (nSPS) is 11.0. The number of nitrogens with one attached hydrogen (secondary N) is 1. The Hall–Kier alpha value is -3.28. The van der Waals surface area contributed by atoms with Crippen LogP contribution < -0.4 is 5.32 Å². The molecule has 0 aliphatic heterocycles. The molecule has 0 spiro atoms. The van der Waals surface area contributed by atoms with E-state index in [2.05, 4.69) is 15.3 Å². The van der Waals surface area contributed by atoms with Gasteiger partial charge >= 0.3 is 0 Å². The summed E-state index contributed by atoms with van der Waals surface area (Å²) in [6, 6.07) is 12.9. The fourth-order valence-electron chi connectivity index (χ4n) is 2.66. The van der Waals surface area contributed by atoms with Gasteiger partial charge in [-0.1, -0.05) is 6.07 Å². The number of fused-ring (bicyclic) bond motifs is 1. The zero-order valence-corrected chi connectivity index (χ0v) is 13.4. The molecule has 6 heteroatoms. The number of aromatic nitrogens is 3. The van der Waals surface area contributed by atoms with Gasteiger partial charge in [-0.15, -0.1) is 0 Å². The Bertz CT molecular complexity index is 1070. The van der Waals surface area contributed by atoms with Crippen molar-refractivity contribution in [1.82, 2.24) is 14.5 Å². The zero-order valence-electron chi connectivity index (χ0n) is 13.4. The van der Waals surface area contributed by atoms with E-state index in [0.717, 1.165) is 5.39 Å². The summed E-state index contributed by atoms with van der Waals surface area (Å²) in [5, 5.41) is 3.91. The summed E-state index contributed by atoms with van der Waals surface area (Å²) in [7, 11) is 0. The Morgan fingerprint density at radius 1 is 1.04 bits per heavy atom. The van der Waals surface area contributed by atoms with Crippen molar-refractivity contribution in [2.45, 2.75) is 6.92 Å². The molecule has 0 atom stereocenters. The Labute approximate surface area is 142 Å². The summed E-state index contributed by atoms with van der Waals surface area (Å²) < 4.78 is 28.7. The van der Waals surface area contributed by atoms with E-state index in [0.29, 0.717) is 28.5 Å². The van der Waals surface area contributed by atoms with E-state index in [-0.39, 0.29) is 11.6 Å². The highest BCUT2D eigenvalue weighted by Crippen LogP contribution is 2.22. The van der Waals surface area contributed by atoms with Crippen LogP contribution in [0.15, 0.2) is 60.9 Å². The smallest absolute Gasteiger partial charge is 0.229 e. The third-order valence-electron chi connectivity index (χ3n) is 3.93. The third kappa shape index (κ3) is 2.94. The van der Waals surface area contributed by atoms with Crippen LogP contribution in [0, 0.1) is 18.6 Å². The van der Waals surface area contributed by atoms with Gasteiger partial charge in [0.1, 0.15) is 17.3 Å². The lowest BCUT2D eigenvalue weighted by Gasteiger charge is -2.08. The molecule has 25 heavy (non-hydrogen) atoms. The molecule has 0 unspecified atom stereocenters. The predicted molar refractivity (Wildman–Crippen MR) is 93.2 cm³/mol. The number of halogens is 2. The molecule has 0 aliphatic carbocycles. The number of anilines is 2. The quantitative estimate of drug-likeness (QED) is 0.587. The lowest BCUT2D eigenvalue weighted by atomic mass is 10.2. The standard InChI is InChI=1S/C19H14F2N4/c1-12-9-15(5-6-17(12)21)23-19-22-11-13-7-8-25(18(13)24-19)16-4-2-3-14(20)10-16/h2-11H,1H3,(H,22,23,24). The van der Waals surface area contributed by atoms with Gasteiger partial charge in [0, 0.05) is 29.2 Å². The molecule has 0 saturated carbocycles. The molecule has 1 N–H and O–H groups in total. The first-order valence-corrected chi connectivity index (χ1v) is 7.73. The maximum atomic E-state index is 13.5. The third-order valence-corrected chi connectivity index (χ3v) is 3.93. The maximum absolute atomic E-state index is 13.5. The van der Waals surface area contributed by atoms with E-state index in [1.165, 1.54) is 18.2 Å². The molecule has 0 radical (unpaired) electrons. The Morgan fingerprint density at radius 3 is 2.72 bits per heavy atom. The van der Waals surface area contributed by atoms with Crippen LogP contribution in [0.4, 0.5) is 20.4 Å². The van der Waals surface area contributed by atoms with E-state index >= 15 is 0 Å². The first-order valence-electron chi connectivity index (χ1n) is 7.73. The van der Waals surface area contributed by atoms with Crippen molar-refractivity contribution < 1.29 is 8.78 Å². The first kappa shape index (κ1) is 15.3. The molecule has 4 aromatic rings. The minimum absolute atomic E-state index is 0.262. The van der Waals surface area contributed by atoms with Crippen LogP contribution in [-0.2, 0) is 0 Å². The molecule has 2 aromatic carbocycles. The summed E-state index contributed by atoms with van der Waals surface area (Å²) in [6.07, 6.45) is 3.51. The van der Waals surface area contributed by atoms with Crippen LogP contribution in [0.1, 0.15) is 5.56 Å². The largest absolute Gasteiger partial charge is 0.324 e. The van der Waals surface area contributed by atoms with Crippen LogP contribution in [0.5, 0.6) is 0 Å². The molecule has 0 saturated heterocycles. The van der Waals surface area contributed by atoms with Gasteiger partial charge in [0.05, 0.1) is 0 Å². The van der Waals surface area contributed by atoms with E-state index in [1.54, 1.807) is 42.0 Å². The molecule has 0 amide bonds. The molecule has 2 heterocycles. The summed E-state index contributed by atoms with van der Waals surface area (Å²) in [6.45, 7) is 1.69. The van der Waals surface area contributed by atoms with Gasteiger partial charge in [0.15, 0.2) is 0 Å². The molecule has 2 aromatic heterocycles. The van der Waals surface area contributed by atoms with Crippen molar-refractivity contribution in [3.63, 3.8) is 0 Å². The summed E-state index contributed by atoms with van der Waals surface area (Å²) in [4.78, 5) is 8.79. The summed E-state index contributed by atoms with van der Waals surface area (Å²) in [5.41, 5.74) is 2.57. The van der Waals surface area contributed by atoms with E-state index < -0.39 is 0 Å². The van der Waals surface area contributed by atoms with Gasteiger partial charge in [-0.2, -0.15) is 4.98 Å². The van der Waals surface area contributed by atoms with E-state index in [1.807, 2.05) is 12.3 Å². The highest BCUT2D eigenvalue weighted by atomic mass is 19.1. The molecule has 0 fully saturated rings. The van der Waals surface area contributed by atoms with Crippen molar-refractivity contribution in [3.05, 3.63) is 78.1 Å². The van der Waals surface area contributed by atoms with Gasteiger partial charge < -0.3 is 9.88 Å². The Balaban J connectivity index is 1.74. The lowest BCUT2D eigenvalue weighted by Crippen LogP contribution is -2.00. The average Bonchev–Trinajstić information content (AvgIpc) is 3.01. The van der Waals surface area contributed by atoms with Crippen molar-refractivity contribution in [1.29, 1.82) is 0 Å². The number of hydrogen-bond acceptors (Lipinski definition) is 3. The lowest BCUT2D eigenvalue weighted by molar-refractivity contribution is 0.619. The van der Waals surface area contributed by atoms with Crippen LogP contribution in [0.25, 0.3) is 16.7 Å². The molecule has 0 bridgehead atoms. The number of aryl methyl sites for hydroxylation is 1. The second-order valence-corrected chi connectivity index (χ2v) is 5.73. The van der Waals surface area contributed by atoms with Crippen molar-refractivity contribution in [2.24, 2.45) is 0 Å². The average molecular weight is 336 g/mol. The first-order chi connectivity index (χ1) is 12.1. The van der Waals surface area contributed by atoms with Crippen LogP contribution >= 0.6 is 0 Å². The molecular formula is C19H14F2N4. The molecule has 124 valence electrons. The monoisotopic (exact) mass is 336 g/mol. The summed E-state index contributed by atoms with van der Waals surface area (Å²) >= 11 is 0. The topological polar surface area (TPSA) is 42.7 Å². The molecule has 4 nitrogen and oxygen atoms in total. The van der Waals surface area contributed by atoms with E-state index in [4.69, 9.17) is 0 Å². The number of benzene rings is 2. The second kappa shape index (κ2) is 5.98. The van der Waals surface area contributed by atoms with E-state index in [9.17, 15) is 8.78 Å². The molecular weight excluding hydrogens is 322 g/mol. The van der Waals surface area contributed by atoms with Crippen molar-refractivity contribution >= 4 is 22.7 Å². The zero-order chi connectivity index (χ0) is 17.4. The fourth-order valence-corrected chi connectivity index (χ4v) is 2.66. The molecule has 0 aliphatic rings. The van der Waals surface area contributed by atoms with Gasteiger partial charge in [-0.3, -0.25) is 0 Å². The Morgan fingerprint density at radius 2 is 1.92 bits per heavy atom. The second-order valence-electron chi connectivity index (χ2n) is 5.73. The van der Waals surface area contributed by atoms with Gasteiger partial charge in [0.25, 0.3) is 0 Å². The maximum Gasteiger partial charge on any atom is 0.229 e. The molecule has 4 rings (SSSR count). The SMILES string of the molecule is Cc1cc(Nc2ncc3ccn(-c4cccc(F)c4)c3n2)ccc1F. The van der Waals surface area contributed by atoms with Crippen LogP contribution in [0.2, 0.25) is 0 Å². The minimum Gasteiger partial charge on any atom is -0.324 e. The van der Waals surface area contributed by atoms with Gasteiger partial charge in [-0.05, 0) is 55.0 Å². The summed E-state index contributed by atoms with van der Waals surface area (Å²) in [5.74, 6) is -0.190. The van der Waals surface area contributed by atoms with Gasteiger partial charge in [0.2, 0.25) is 5.95 Å². The number of rotatable bonds is 3. The highest BCUT2D eigenvalue weighted by molar-refractivity contribution is 5.78. The Kier molecular flexibility index (Phi) is 3.65. The van der Waals surface area contributed by atoms with Crippen LogP contribution in [-0.4, -0.2) is 14.5 Å². The van der Waals surface area contributed by atoms with Crippen molar-refractivity contribution in [3.8, 4) is 5.69 Å². The van der Waals surface area contributed by atoms with Gasteiger partial charge in [-0.25, -0.2) is 13.8 Å². The number of nitrogens with zero attached hydrogens (tertiary/aromatic N) is 3. The predicted octanol–water partition coefficient (Wildman–Crippen LogP) is 4.75. The highest BCUT2D eigenvalue weighted by Gasteiger charge is 2.08. The minimum atomic E-state index is -0.312. The van der Waals surface area contributed by atoms with Crippen LogP contribution in [0.3, 0.4) is 0 Å².